The molecule has 0 aliphatic heterocycles. The summed E-state index contributed by atoms with van der Waals surface area (Å²) >= 11 is 0. The first-order valence-corrected chi connectivity index (χ1v) is 12.0. The van der Waals surface area contributed by atoms with Gasteiger partial charge in [-0.25, -0.2) is 9.48 Å². The molecule has 7 nitrogen and oxygen atoms in total. The van der Waals surface area contributed by atoms with Crippen LogP contribution >= 0.6 is 0 Å². The van der Waals surface area contributed by atoms with E-state index in [0.29, 0.717) is 12.4 Å². The molecule has 0 radical (unpaired) electrons. The van der Waals surface area contributed by atoms with Gasteiger partial charge in [0.25, 0.3) is 0 Å². The molecule has 0 aliphatic carbocycles. The van der Waals surface area contributed by atoms with Crippen LogP contribution in [0.2, 0.25) is 0 Å². The smallest absolute Gasteiger partial charge is 0.315 e. The number of amides is 3. The van der Waals surface area contributed by atoms with Crippen molar-refractivity contribution in [1.29, 1.82) is 0 Å². The van der Waals surface area contributed by atoms with E-state index in [0.717, 1.165) is 28.2 Å². The van der Waals surface area contributed by atoms with Crippen molar-refractivity contribution >= 4 is 23.4 Å². The Morgan fingerprint density at radius 1 is 1.00 bits per heavy atom. The highest BCUT2D eigenvalue weighted by Gasteiger charge is 2.23. The monoisotopic (exact) mass is 475 g/mol. The number of rotatable bonds is 7. The van der Waals surface area contributed by atoms with Crippen LogP contribution < -0.4 is 10.6 Å². The highest BCUT2D eigenvalue weighted by atomic mass is 16.2. The number of nitrogens with zero attached hydrogens (tertiary/aromatic N) is 3. The first kappa shape index (κ1) is 26.0. The molecule has 2 aromatic carbocycles. The van der Waals surface area contributed by atoms with Gasteiger partial charge >= 0.3 is 6.03 Å². The van der Waals surface area contributed by atoms with Gasteiger partial charge in [-0.3, -0.25) is 4.79 Å². The van der Waals surface area contributed by atoms with Crippen molar-refractivity contribution in [3.8, 4) is 5.69 Å². The molecule has 0 saturated carbocycles. The maximum Gasteiger partial charge on any atom is 0.322 e. The van der Waals surface area contributed by atoms with Crippen LogP contribution in [-0.4, -0.2) is 39.7 Å². The molecule has 0 atom stereocenters. The summed E-state index contributed by atoms with van der Waals surface area (Å²) in [6.45, 7) is 14.7. The summed E-state index contributed by atoms with van der Waals surface area (Å²) in [7, 11) is 0. The molecule has 0 bridgehead atoms. The minimum atomic E-state index is -0.297. The second-order valence-electron chi connectivity index (χ2n) is 10.4. The van der Waals surface area contributed by atoms with E-state index in [9.17, 15) is 9.59 Å². The SMILES string of the molecule is Cc1cccc(NC(=O)N(CC(=O)Nc2cc(C(C)(C)C)nn2-c2ccccc2)CC(C)C)c1C. The topological polar surface area (TPSA) is 79.3 Å². The predicted octanol–water partition coefficient (Wildman–Crippen LogP) is 5.92. The maximum absolute atomic E-state index is 13.2. The second kappa shape index (κ2) is 10.8. The first-order valence-electron chi connectivity index (χ1n) is 12.0. The van der Waals surface area contributed by atoms with E-state index >= 15 is 0 Å². The van der Waals surface area contributed by atoms with Gasteiger partial charge in [0.2, 0.25) is 5.91 Å². The Balaban J connectivity index is 1.81. The van der Waals surface area contributed by atoms with Crippen molar-refractivity contribution in [2.45, 2.75) is 53.9 Å². The maximum atomic E-state index is 13.2. The number of para-hydroxylation sites is 1. The fraction of sp³-hybridized carbons (Fsp3) is 0.393. The van der Waals surface area contributed by atoms with Gasteiger partial charge in [-0.05, 0) is 49.1 Å². The minimum absolute atomic E-state index is 0.0697. The zero-order valence-electron chi connectivity index (χ0n) is 21.8. The van der Waals surface area contributed by atoms with Gasteiger partial charge < -0.3 is 15.5 Å². The Kier molecular flexibility index (Phi) is 7.99. The van der Waals surface area contributed by atoms with Gasteiger partial charge in [0.15, 0.2) is 0 Å². The molecular weight excluding hydrogens is 438 g/mol. The van der Waals surface area contributed by atoms with Crippen LogP contribution in [0.4, 0.5) is 16.3 Å². The van der Waals surface area contributed by atoms with Crippen molar-refractivity contribution in [2.24, 2.45) is 5.92 Å². The van der Waals surface area contributed by atoms with Crippen LogP contribution in [0.5, 0.6) is 0 Å². The Hall–Kier alpha value is -3.61. The number of urea groups is 1. The van der Waals surface area contributed by atoms with Crippen LogP contribution in [0.3, 0.4) is 0 Å². The molecule has 0 aliphatic rings. The lowest BCUT2D eigenvalue weighted by Gasteiger charge is -2.25. The Labute approximate surface area is 208 Å². The summed E-state index contributed by atoms with van der Waals surface area (Å²) in [5.74, 6) is 0.499. The van der Waals surface area contributed by atoms with E-state index in [4.69, 9.17) is 5.10 Å². The number of hydrogen-bond acceptors (Lipinski definition) is 3. The van der Waals surface area contributed by atoms with Gasteiger partial charge in [-0.1, -0.05) is 65.0 Å². The summed E-state index contributed by atoms with van der Waals surface area (Å²) in [5, 5.41) is 10.7. The number of nitrogens with one attached hydrogen (secondary N) is 2. The average Bonchev–Trinajstić information content (AvgIpc) is 3.21. The molecule has 3 aromatic rings. The summed E-state index contributed by atoms with van der Waals surface area (Å²) in [4.78, 5) is 27.8. The number of carbonyl (C=O) groups is 2. The Morgan fingerprint density at radius 2 is 1.69 bits per heavy atom. The van der Waals surface area contributed by atoms with Gasteiger partial charge in [0, 0.05) is 23.7 Å². The minimum Gasteiger partial charge on any atom is -0.315 e. The Morgan fingerprint density at radius 3 is 2.31 bits per heavy atom. The second-order valence-corrected chi connectivity index (χ2v) is 10.4. The van der Waals surface area contributed by atoms with Crippen molar-refractivity contribution in [3.05, 3.63) is 71.4 Å². The molecule has 3 amide bonds. The van der Waals surface area contributed by atoms with Gasteiger partial charge in [0.1, 0.15) is 12.4 Å². The molecule has 1 aromatic heterocycles. The highest BCUT2D eigenvalue weighted by Crippen LogP contribution is 2.26. The van der Waals surface area contributed by atoms with Crippen LogP contribution in [0.15, 0.2) is 54.6 Å². The van der Waals surface area contributed by atoms with E-state index < -0.39 is 0 Å². The third kappa shape index (κ3) is 6.72. The Bertz CT molecular complexity index is 1180. The summed E-state index contributed by atoms with van der Waals surface area (Å²) in [5.41, 5.74) is 4.39. The first-order chi connectivity index (χ1) is 16.5. The van der Waals surface area contributed by atoms with Crippen molar-refractivity contribution in [1.82, 2.24) is 14.7 Å². The third-order valence-electron chi connectivity index (χ3n) is 5.80. The number of benzene rings is 2. The summed E-state index contributed by atoms with van der Waals surface area (Å²) in [6.07, 6.45) is 0. The molecule has 0 fully saturated rings. The quantitative estimate of drug-likeness (QED) is 0.445. The number of carbonyl (C=O) groups excluding carboxylic acids is 2. The molecule has 1 heterocycles. The van der Waals surface area contributed by atoms with Gasteiger partial charge in [-0.15, -0.1) is 0 Å². The molecule has 186 valence electrons. The van der Waals surface area contributed by atoms with Crippen molar-refractivity contribution in [3.63, 3.8) is 0 Å². The van der Waals surface area contributed by atoms with Crippen LogP contribution in [0.1, 0.15) is 51.4 Å². The normalized spacial score (nSPS) is 11.4. The summed E-state index contributed by atoms with van der Waals surface area (Å²) < 4.78 is 1.74. The highest BCUT2D eigenvalue weighted by molar-refractivity contribution is 5.97. The number of anilines is 2. The summed E-state index contributed by atoms with van der Waals surface area (Å²) in [6, 6.07) is 17.1. The zero-order chi connectivity index (χ0) is 25.8. The fourth-order valence-corrected chi connectivity index (χ4v) is 3.70. The molecule has 35 heavy (non-hydrogen) atoms. The lowest BCUT2D eigenvalue weighted by Crippen LogP contribution is -2.42. The third-order valence-corrected chi connectivity index (χ3v) is 5.80. The van der Waals surface area contributed by atoms with Crippen molar-refractivity contribution < 1.29 is 9.59 Å². The number of aryl methyl sites for hydroxylation is 1. The van der Waals surface area contributed by atoms with Crippen LogP contribution in [0.25, 0.3) is 5.69 Å². The van der Waals surface area contributed by atoms with Crippen LogP contribution in [-0.2, 0) is 10.2 Å². The average molecular weight is 476 g/mol. The number of aromatic nitrogens is 2. The zero-order valence-corrected chi connectivity index (χ0v) is 21.8. The fourth-order valence-electron chi connectivity index (χ4n) is 3.70. The number of hydrogen-bond donors (Lipinski definition) is 2. The van der Waals surface area contributed by atoms with Crippen molar-refractivity contribution in [2.75, 3.05) is 23.7 Å². The van der Waals surface area contributed by atoms with E-state index in [1.807, 2.05) is 82.3 Å². The lowest BCUT2D eigenvalue weighted by molar-refractivity contribution is -0.116. The standard InChI is InChI=1S/C28H37N5O2/c1-19(2)17-32(27(35)29-23-15-11-12-20(3)21(23)4)18-26(34)30-25-16-24(28(5,6)7)31-33(25)22-13-9-8-10-14-22/h8-16,19H,17-18H2,1-7H3,(H,29,35)(H,30,34). The predicted molar refractivity (Wildman–Crippen MR) is 142 cm³/mol. The van der Waals surface area contributed by atoms with Crippen LogP contribution in [0, 0.1) is 19.8 Å². The molecule has 0 saturated heterocycles. The van der Waals surface area contributed by atoms with Gasteiger partial charge in [0.05, 0.1) is 11.4 Å². The largest absolute Gasteiger partial charge is 0.322 e. The molecule has 0 unspecified atom stereocenters. The molecule has 3 rings (SSSR count). The van der Waals surface area contributed by atoms with Gasteiger partial charge in [-0.2, -0.15) is 5.10 Å². The molecule has 2 N–H and O–H groups in total. The van der Waals surface area contributed by atoms with E-state index in [1.165, 1.54) is 0 Å². The van der Waals surface area contributed by atoms with E-state index in [2.05, 4.69) is 31.4 Å². The van der Waals surface area contributed by atoms with E-state index in [-0.39, 0.29) is 29.8 Å². The lowest BCUT2D eigenvalue weighted by atomic mass is 9.92. The molecular formula is C28H37N5O2. The van der Waals surface area contributed by atoms with E-state index in [1.54, 1.807) is 9.58 Å². The molecule has 7 heteroatoms. The molecule has 0 spiro atoms.